The number of aliphatic carboxylic acids is 1. The molecule has 0 saturated heterocycles. The van der Waals surface area contributed by atoms with Gasteiger partial charge in [0.05, 0.1) is 19.4 Å². The van der Waals surface area contributed by atoms with Gasteiger partial charge < -0.3 is 9.84 Å². The second kappa shape index (κ2) is 6.61. The van der Waals surface area contributed by atoms with Crippen molar-refractivity contribution in [2.45, 2.75) is 19.3 Å². The van der Waals surface area contributed by atoms with Gasteiger partial charge in [-0.05, 0) is 5.56 Å². The van der Waals surface area contributed by atoms with Crippen molar-refractivity contribution in [2.75, 3.05) is 6.61 Å². The Morgan fingerprint density at radius 2 is 1.81 bits per heavy atom. The Morgan fingerprint density at radius 1 is 1.12 bits per heavy atom. The number of carbonyl (C=O) groups is 2. The molecule has 1 N–H and O–H groups in total. The van der Waals surface area contributed by atoms with E-state index in [1.54, 1.807) is 0 Å². The van der Waals surface area contributed by atoms with Crippen LogP contribution < -0.4 is 0 Å². The predicted octanol–water partition coefficient (Wildman–Crippen LogP) is 1.64. The molecule has 0 aliphatic rings. The lowest BCUT2D eigenvalue weighted by Gasteiger charge is -2.03. The van der Waals surface area contributed by atoms with Gasteiger partial charge in [0.2, 0.25) is 0 Å². The summed E-state index contributed by atoms with van der Waals surface area (Å²) in [5.74, 6) is -1.45. The van der Waals surface area contributed by atoms with Gasteiger partial charge in [-0.2, -0.15) is 0 Å². The Bertz CT molecular complexity index is 345. The third kappa shape index (κ3) is 5.14. The summed E-state index contributed by atoms with van der Waals surface area (Å²) in [5, 5.41) is 8.36. The van der Waals surface area contributed by atoms with Crippen LogP contribution in [0.3, 0.4) is 0 Å². The molecule has 0 spiro atoms. The molecular formula is C12H14O4. The van der Waals surface area contributed by atoms with E-state index in [9.17, 15) is 9.59 Å². The van der Waals surface area contributed by atoms with Crippen molar-refractivity contribution in [3.8, 4) is 0 Å². The summed E-state index contributed by atoms with van der Waals surface area (Å²) >= 11 is 0. The average molecular weight is 222 g/mol. The van der Waals surface area contributed by atoms with Crippen LogP contribution in [0.5, 0.6) is 0 Å². The molecule has 0 amide bonds. The standard InChI is InChI=1S/C12H14O4/c13-11(14)6-7-12(15)16-9-8-10-4-2-1-3-5-10/h1-5H,6-9H2,(H,13,14). The molecule has 86 valence electrons. The highest BCUT2D eigenvalue weighted by molar-refractivity contribution is 5.76. The minimum absolute atomic E-state index is 0.0654. The summed E-state index contributed by atoms with van der Waals surface area (Å²) in [4.78, 5) is 21.2. The first kappa shape index (κ1) is 12.2. The van der Waals surface area contributed by atoms with Crippen LogP contribution in [0.25, 0.3) is 0 Å². The first-order valence-corrected chi connectivity index (χ1v) is 5.10. The van der Waals surface area contributed by atoms with E-state index in [1.165, 1.54) is 0 Å². The molecule has 0 heterocycles. The number of carbonyl (C=O) groups excluding carboxylic acids is 1. The van der Waals surface area contributed by atoms with Gasteiger partial charge in [0.15, 0.2) is 0 Å². The fourth-order valence-electron chi connectivity index (χ4n) is 1.21. The summed E-state index contributed by atoms with van der Waals surface area (Å²) in [6, 6.07) is 9.65. The van der Waals surface area contributed by atoms with E-state index in [2.05, 4.69) is 0 Å². The number of carboxylic acid groups (broad SMARTS) is 1. The Morgan fingerprint density at radius 3 is 2.44 bits per heavy atom. The first-order chi connectivity index (χ1) is 7.68. The Labute approximate surface area is 93.9 Å². The summed E-state index contributed by atoms with van der Waals surface area (Å²) < 4.78 is 4.89. The third-order valence-electron chi connectivity index (χ3n) is 2.04. The fourth-order valence-corrected chi connectivity index (χ4v) is 1.21. The molecule has 16 heavy (non-hydrogen) atoms. The molecule has 0 aromatic heterocycles. The van der Waals surface area contributed by atoms with E-state index >= 15 is 0 Å². The Balaban J connectivity index is 2.16. The monoisotopic (exact) mass is 222 g/mol. The van der Waals surface area contributed by atoms with Crippen LogP contribution in [-0.2, 0) is 20.7 Å². The molecule has 4 nitrogen and oxygen atoms in total. The van der Waals surface area contributed by atoms with Gasteiger partial charge in [0, 0.05) is 6.42 Å². The molecule has 4 heteroatoms. The molecule has 1 rings (SSSR count). The molecule has 0 fully saturated rings. The molecule has 0 aliphatic heterocycles. The summed E-state index contributed by atoms with van der Waals surface area (Å²) in [6.45, 7) is 0.294. The van der Waals surface area contributed by atoms with E-state index in [4.69, 9.17) is 9.84 Å². The number of esters is 1. The van der Waals surface area contributed by atoms with Gasteiger partial charge >= 0.3 is 11.9 Å². The normalized spacial score (nSPS) is 9.75. The second-order valence-corrected chi connectivity index (χ2v) is 3.35. The minimum atomic E-state index is -0.986. The lowest BCUT2D eigenvalue weighted by molar-refractivity contribution is -0.147. The average Bonchev–Trinajstić information content (AvgIpc) is 2.28. The Hall–Kier alpha value is -1.84. The van der Waals surface area contributed by atoms with Crippen molar-refractivity contribution in [2.24, 2.45) is 0 Å². The number of rotatable bonds is 6. The van der Waals surface area contributed by atoms with Crippen LogP contribution in [-0.4, -0.2) is 23.7 Å². The van der Waals surface area contributed by atoms with Crippen molar-refractivity contribution < 1.29 is 19.4 Å². The SMILES string of the molecule is O=C(O)CCC(=O)OCCc1ccccc1. The van der Waals surface area contributed by atoms with Crippen LogP contribution in [0.15, 0.2) is 30.3 Å². The van der Waals surface area contributed by atoms with E-state index in [0.717, 1.165) is 5.56 Å². The molecule has 1 aromatic rings. The fraction of sp³-hybridized carbons (Fsp3) is 0.333. The maximum Gasteiger partial charge on any atom is 0.306 e. The molecular weight excluding hydrogens is 208 g/mol. The topological polar surface area (TPSA) is 63.6 Å². The molecule has 0 saturated carbocycles. The van der Waals surface area contributed by atoms with Crippen molar-refractivity contribution in [1.82, 2.24) is 0 Å². The molecule has 0 aliphatic carbocycles. The molecule has 0 bridgehead atoms. The van der Waals surface area contributed by atoms with Crippen molar-refractivity contribution in [1.29, 1.82) is 0 Å². The van der Waals surface area contributed by atoms with Crippen molar-refractivity contribution >= 4 is 11.9 Å². The zero-order valence-electron chi connectivity index (χ0n) is 8.89. The smallest absolute Gasteiger partial charge is 0.306 e. The maximum absolute atomic E-state index is 11.1. The number of hydrogen-bond donors (Lipinski definition) is 1. The number of hydrogen-bond acceptors (Lipinski definition) is 3. The second-order valence-electron chi connectivity index (χ2n) is 3.35. The van der Waals surface area contributed by atoms with E-state index in [1.807, 2.05) is 30.3 Å². The number of benzene rings is 1. The van der Waals surface area contributed by atoms with Crippen LogP contribution in [0.1, 0.15) is 18.4 Å². The summed E-state index contributed by atoms with van der Waals surface area (Å²) in [6.07, 6.45) is 0.411. The van der Waals surface area contributed by atoms with E-state index < -0.39 is 11.9 Å². The van der Waals surface area contributed by atoms with Crippen LogP contribution >= 0.6 is 0 Å². The van der Waals surface area contributed by atoms with Gasteiger partial charge in [-0.1, -0.05) is 30.3 Å². The van der Waals surface area contributed by atoms with Crippen LogP contribution in [0.2, 0.25) is 0 Å². The number of carboxylic acids is 1. The van der Waals surface area contributed by atoms with Gasteiger partial charge in [-0.25, -0.2) is 0 Å². The lowest BCUT2D eigenvalue weighted by Crippen LogP contribution is -2.09. The highest BCUT2D eigenvalue weighted by Gasteiger charge is 2.06. The Kier molecular flexibility index (Phi) is 5.05. The predicted molar refractivity (Wildman–Crippen MR) is 58.0 cm³/mol. The van der Waals surface area contributed by atoms with Gasteiger partial charge in [-0.15, -0.1) is 0 Å². The molecule has 0 atom stereocenters. The lowest BCUT2D eigenvalue weighted by atomic mass is 10.2. The highest BCUT2D eigenvalue weighted by Crippen LogP contribution is 2.00. The maximum atomic E-state index is 11.1. The zero-order chi connectivity index (χ0) is 11.8. The van der Waals surface area contributed by atoms with Crippen molar-refractivity contribution in [3.05, 3.63) is 35.9 Å². The summed E-state index contributed by atoms with van der Waals surface area (Å²) in [7, 11) is 0. The van der Waals surface area contributed by atoms with Crippen LogP contribution in [0, 0.1) is 0 Å². The van der Waals surface area contributed by atoms with Gasteiger partial charge in [-0.3, -0.25) is 9.59 Å². The highest BCUT2D eigenvalue weighted by atomic mass is 16.5. The largest absolute Gasteiger partial charge is 0.481 e. The van der Waals surface area contributed by atoms with Crippen LogP contribution in [0.4, 0.5) is 0 Å². The molecule has 0 radical (unpaired) electrons. The summed E-state index contributed by atoms with van der Waals surface area (Å²) in [5.41, 5.74) is 1.09. The van der Waals surface area contributed by atoms with E-state index in [-0.39, 0.29) is 12.8 Å². The third-order valence-corrected chi connectivity index (χ3v) is 2.04. The number of ether oxygens (including phenoxy) is 1. The first-order valence-electron chi connectivity index (χ1n) is 5.10. The van der Waals surface area contributed by atoms with Gasteiger partial charge in [0.25, 0.3) is 0 Å². The zero-order valence-corrected chi connectivity index (χ0v) is 8.89. The quantitative estimate of drug-likeness (QED) is 0.743. The molecule has 1 aromatic carbocycles. The van der Waals surface area contributed by atoms with E-state index in [0.29, 0.717) is 13.0 Å². The van der Waals surface area contributed by atoms with Crippen molar-refractivity contribution in [3.63, 3.8) is 0 Å². The molecule has 0 unspecified atom stereocenters. The van der Waals surface area contributed by atoms with Gasteiger partial charge in [0.1, 0.15) is 0 Å². The minimum Gasteiger partial charge on any atom is -0.481 e.